The topological polar surface area (TPSA) is 56.8 Å². The van der Waals surface area contributed by atoms with Crippen LogP contribution in [0.5, 0.6) is 11.5 Å². The van der Waals surface area contributed by atoms with Gasteiger partial charge in [0.05, 0.1) is 20.3 Å². The second kappa shape index (κ2) is 10.1. The average Bonchev–Trinajstić information content (AvgIpc) is 2.51. The maximum Gasteiger partial charge on any atom is 0.222 e. The fraction of sp³-hybridized carbons (Fsp3) is 0.588. The number of rotatable bonds is 10. The lowest BCUT2D eigenvalue weighted by atomic mass is 10.1. The minimum Gasteiger partial charge on any atom is -0.493 e. The van der Waals surface area contributed by atoms with E-state index in [1.165, 1.54) is 0 Å². The van der Waals surface area contributed by atoms with E-state index in [0.29, 0.717) is 37.8 Å². The third-order valence-electron chi connectivity index (χ3n) is 3.20. The molecule has 0 saturated carbocycles. The van der Waals surface area contributed by atoms with Gasteiger partial charge in [-0.2, -0.15) is 0 Å². The average molecular weight is 309 g/mol. The molecule has 1 aromatic carbocycles. The summed E-state index contributed by atoms with van der Waals surface area (Å²) in [5.41, 5.74) is 0.971. The third kappa shape index (κ3) is 6.80. The van der Waals surface area contributed by atoms with Crippen molar-refractivity contribution in [3.8, 4) is 11.5 Å². The van der Waals surface area contributed by atoms with E-state index < -0.39 is 0 Å². The summed E-state index contributed by atoms with van der Waals surface area (Å²) in [7, 11) is 3.20. The molecule has 1 N–H and O–H groups in total. The van der Waals surface area contributed by atoms with Gasteiger partial charge in [-0.25, -0.2) is 0 Å². The fourth-order valence-electron chi connectivity index (χ4n) is 1.83. The Morgan fingerprint density at radius 2 is 1.95 bits per heavy atom. The van der Waals surface area contributed by atoms with E-state index in [1.807, 2.05) is 18.2 Å². The number of hydrogen-bond donors (Lipinski definition) is 1. The van der Waals surface area contributed by atoms with Crippen LogP contribution in [0.4, 0.5) is 0 Å². The lowest BCUT2D eigenvalue weighted by molar-refractivity contribution is -0.122. The second-order valence-corrected chi connectivity index (χ2v) is 5.54. The van der Waals surface area contributed by atoms with Gasteiger partial charge < -0.3 is 19.5 Å². The summed E-state index contributed by atoms with van der Waals surface area (Å²) in [6.45, 7) is 5.88. The molecule has 1 rings (SSSR count). The molecule has 0 aliphatic carbocycles. The van der Waals surface area contributed by atoms with Crippen molar-refractivity contribution in [2.45, 2.75) is 33.2 Å². The highest BCUT2D eigenvalue weighted by molar-refractivity contribution is 5.75. The lowest BCUT2D eigenvalue weighted by Crippen LogP contribution is -2.23. The molecule has 0 aliphatic heterocycles. The minimum absolute atomic E-state index is 0.0296. The zero-order valence-corrected chi connectivity index (χ0v) is 14.0. The molecule has 0 spiro atoms. The van der Waals surface area contributed by atoms with Crippen LogP contribution >= 0.6 is 0 Å². The van der Waals surface area contributed by atoms with Crippen LogP contribution in [-0.4, -0.2) is 33.3 Å². The van der Waals surface area contributed by atoms with Gasteiger partial charge in [-0.3, -0.25) is 4.79 Å². The number of benzene rings is 1. The molecule has 0 fully saturated rings. The summed E-state index contributed by atoms with van der Waals surface area (Å²) in [5, 5.41) is 2.85. The molecule has 124 valence electrons. The Morgan fingerprint density at radius 3 is 2.59 bits per heavy atom. The number of hydrogen-bond acceptors (Lipinski definition) is 4. The van der Waals surface area contributed by atoms with E-state index in [2.05, 4.69) is 19.2 Å². The Morgan fingerprint density at radius 1 is 1.18 bits per heavy atom. The van der Waals surface area contributed by atoms with Crippen LogP contribution in [0.1, 0.15) is 32.3 Å². The maximum absolute atomic E-state index is 11.6. The molecule has 0 bridgehead atoms. The van der Waals surface area contributed by atoms with Crippen LogP contribution in [0.2, 0.25) is 0 Å². The summed E-state index contributed by atoms with van der Waals surface area (Å²) in [5.74, 6) is 2.00. The summed E-state index contributed by atoms with van der Waals surface area (Å²) in [4.78, 5) is 11.6. The van der Waals surface area contributed by atoms with Crippen LogP contribution in [0.3, 0.4) is 0 Å². The molecular weight excluding hydrogens is 282 g/mol. The first-order valence-electron chi connectivity index (χ1n) is 7.62. The maximum atomic E-state index is 11.6. The van der Waals surface area contributed by atoms with E-state index >= 15 is 0 Å². The van der Waals surface area contributed by atoms with Crippen LogP contribution < -0.4 is 14.8 Å². The molecule has 1 amide bonds. The lowest BCUT2D eigenvalue weighted by Gasteiger charge is -2.13. The van der Waals surface area contributed by atoms with Gasteiger partial charge in [0.15, 0.2) is 11.5 Å². The fourth-order valence-corrected chi connectivity index (χ4v) is 1.83. The molecule has 22 heavy (non-hydrogen) atoms. The van der Waals surface area contributed by atoms with Gasteiger partial charge in [-0.05, 0) is 30.0 Å². The van der Waals surface area contributed by atoms with Gasteiger partial charge in [-0.15, -0.1) is 0 Å². The predicted octanol–water partition coefficient (Wildman–Crippen LogP) is 2.77. The zero-order chi connectivity index (χ0) is 16.4. The first kappa shape index (κ1) is 18.3. The van der Waals surface area contributed by atoms with Gasteiger partial charge in [0, 0.05) is 20.1 Å². The van der Waals surface area contributed by atoms with Crippen LogP contribution in [0, 0.1) is 5.92 Å². The van der Waals surface area contributed by atoms with Crippen molar-refractivity contribution in [2.24, 2.45) is 5.92 Å². The Bertz CT molecular complexity index is 460. The Hall–Kier alpha value is -1.75. The smallest absolute Gasteiger partial charge is 0.222 e. The quantitative estimate of drug-likeness (QED) is 0.722. The standard InChI is InChI=1S/C17H27NO4/c1-13(2)7-10-22-15-6-5-14(11-16(15)21-4)12-18-17(19)8-9-20-3/h5-6,11,13H,7-10,12H2,1-4H3,(H,18,19). The predicted molar refractivity (Wildman–Crippen MR) is 86.3 cm³/mol. The van der Waals surface area contributed by atoms with Crippen LogP contribution in [0.15, 0.2) is 18.2 Å². The van der Waals surface area contributed by atoms with Gasteiger partial charge >= 0.3 is 0 Å². The van der Waals surface area contributed by atoms with Crippen molar-refractivity contribution in [3.63, 3.8) is 0 Å². The van der Waals surface area contributed by atoms with Crippen LogP contribution in [0.25, 0.3) is 0 Å². The SMILES string of the molecule is COCCC(=O)NCc1ccc(OCCC(C)C)c(OC)c1. The molecule has 0 aromatic heterocycles. The Kier molecular flexibility index (Phi) is 8.36. The third-order valence-corrected chi connectivity index (χ3v) is 3.20. The monoisotopic (exact) mass is 309 g/mol. The van der Waals surface area contributed by atoms with Gasteiger partial charge in [0.25, 0.3) is 0 Å². The van der Waals surface area contributed by atoms with E-state index in [4.69, 9.17) is 14.2 Å². The van der Waals surface area contributed by atoms with Crippen molar-refractivity contribution < 1.29 is 19.0 Å². The molecule has 0 saturated heterocycles. The molecule has 0 atom stereocenters. The molecule has 1 aromatic rings. The van der Waals surface area contributed by atoms with E-state index in [0.717, 1.165) is 17.7 Å². The Labute approximate surface area is 132 Å². The van der Waals surface area contributed by atoms with Crippen LogP contribution in [-0.2, 0) is 16.1 Å². The number of nitrogens with one attached hydrogen (secondary N) is 1. The number of carbonyl (C=O) groups excluding carboxylic acids is 1. The first-order chi connectivity index (χ1) is 10.6. The van der Waals surface area contributed by atoms with Crippen molar-refractivity contribution in [1.82, 2.24) is 5.32 Å². The normalized spacial score (nSPS) is 10.6. The van der Waals surface area contributed by atoms with E-state index in [-0.39, 0.29) is 5.91 Å². The molecule has 0 heterocycles. The summed E-state index contributed by atoms with van der Waals surface area (Å²) < 4.78 is 16.0. The largest absolute Gasteiger partial charge is 0.493 e. The van der Waals surface area contributed by atoms with Crippen molar-refractivity contribution >= 4 is 5.91 Å². The van der Waals surface area contributed by atoms with Gasteiger partial charge in [0.2, 0.25) is 5.91 Å². The Balaban J connectivity index is 2.54. The second-order valence-electron chi connectivity index (χ2n) is 5.54. The van der Waals surface area contributed by atoms with Gasteiger partial charge in [-0.1, -0.05) is 19.9 Å². The highest BCUT2D eigenvalue weighted by Crippen LogP contribution is 2.28. The summed E-state index contributed by atoms with van der Waals surface area (Å²) in [6.07, 6.45) is 1.37. The summed E-state index contributed by atoms with van der Waals surface area (Å²) in [6, 6.07) is 5.71. The number of methoxy groups -OCH3 is 2. The van der Waals surface area contributed by atoms with E-state index in [9.17, 15) is 4.79 Å². The molecule has 0 radical (unpaired) electrons. The molecule has 5 heteroatoms. The van der Waals surface area contributed by atoms with Gasteiger partial charge in [0.1, 0.15) is 0 Å². The first-order valence-corrected chi connectivity index (χ1v) is 7.62. The van der Waals surface area contributed by atoms with Crippen molar-refractivity contribution in [2.75, 3.05) is 27.4 Å². The highest BCUT2D eigenvalue weighted by Gasteiger charge is 2.07. The highest BCUT2D eigenvalue weighted by atomic mass is 16.5. The summed E-state index contributed by atoms with van der Waals surface area (Å²) >= 11 is 0. The van der Waals surface area contributed by atoms with Crippen molar-refractivity contribution in [1.29, 1.82) is 0 Å². The minimum atomic E-state index is -0.0296. The molecule has 0 aliphatic rings. The van der Waals surface area contributed by atoms with E-state index in [1.54, 1.807) is 14.2 Å². The van der Waals surface area contributed by atoms with Crippen molar-refractivity contribution in [3.05, 3.63) is 23.8 Å². The number of ether oxygens (including phenoxy) is 3. The molecular formula is C17H27NO4. The molecule has 5 nitrogen and oxygen atoms in total. The number of amides is 1. The number of carbonyl (C=O) groups is 1. The molecule has 0 unspecified atom stereocenters. The zero-order valence-electron chi connectivity index (χ0n) is 14.0.